The molecule has 0 saturated heterocycles. The second kappa shape index (κ2) is 8.06. The average molecular weight is 360 g/mol. The van der Waals surface area contributed by atoms with E-state index in [1.807, 2.05) is 0 Å². The van der Waals surface area contributed by atoms with E-state index in [4.69, 9.17) is 9.15 Å². The molecule has 9 nitrogen and oxygen atoms in total. The van der Waals surface area contributed by atoms with Crippen LogP contribution in [0, 0.1) is 16.0 Å². The Morgan fingerprint density at radius 1 is 1.15 bits per heavy atom. The third-order valence-corrected chi connectivity index (χ3v) is 3.31. The van der Waals surface area contributed by atoms with Crippen molar-refractivity contribution in [3.8, 4) is 0 Å². The van der Waals surface area contributed by atoms with Crippen molar-refractivity contribution < 1.29 is 28.5 Å². The van der Waals surface area contributed by atoms with Crippen LogP contribution in [0.15, 0.2) is 40.8 Å². The molecule has 1 aromatic carbocycles. The molecule has 0 fully saturated rings. The largest absolute Gasteiger partial charge is 0.451 e. The summed E-state index contributed by atoms with van der Waals surface area (Å²) in [6, 6.07) is 8.21. The zero-order valence-corrected chi connectivity index (χ0v) is 14.1. The predicted molar refractivity (Wildman–Crippen MR) is 89.9 cm³/mol. The number of carbonyl (C=O) groups excluding carboxylic acids is 3. The number of carbonyl (C=O) groups is 3. The van der Waals surface area contributed by atoms with Gasteiger partial charge in [-0.1, -0.05) is 13.8 Å². The van der Waals surface area contributed by atoms with Gasteiger partial charge in [-0.3, -0.25) is 19.7 Å². The molecule has 0 aliphatic carbocycles. The van der Waals surface area contributed by atoms with Crippen LogP contribution < -0.4 is 5.32 Å². The summed E-state index contributed by atoms with van der Waals surface area (Å²) in [6.45, 7) is 2.97. The molecule has 2 aromatic rings. The van der Waals surface area contributed by atoms with E-state index in [1.165, 1.54) is 12.1 Å². The van der Waals surface area contributed by atoms with E-state index >= 15 is 0 Å². The maximum absolute atomic E-state index is 12.0. The van der Waals surface area contributed by atoms with Crippen molar-refractivity contribution in [1.29, 1.82) is 0 Å². The summed E-state index contributed by atoms with van der Waals surface area (Å²) in [5.41, 5.74) is 0.825. The topological polar surface area (TPSA) is 129 Å². The van der Waals surface area contributed by atoms with Crippen molar-refractivity contribution >= 4 is 29.2 Å². The Balaban J connectivity index is 1.91. The summed E-state index contributed by atoms with van der Waals surface area (Å²) in [4.78, 5) is 45.1. The van der Waals surface area contributed by atoms with Crippen molar-refractivity contribution in [2.24, 2.45) is 5.92 Å². The molecule has 0 radical (unpaired) electrons. The molecule has 0 saturated carbocycles. The fourth-order valence-electron chi connectivity index (χ4n) is 1.85. The van der Waals surface area contributed by atoms with Crippen LogP contribution >= 0.6 is 0 Å². The van der Waals surface area contributed by atoms with Crippen LogP contribution in [0.5, 0.6) is 0 Å². The van der Waals surface area contributed by atoms with Crippen LogP contribution in [-0.4, -0.2) is 29.2 Å². The molecular weight excluding hydrogens is 344 g/mol. The zero-order valence-electron chi connectivity index (χ0n) is 14.1. The number of amides is 1. The number of rotatable bonds is 7. The first-order valence-electron chi connectivity index (χ1n) is 7.63. The minimum absolute atomic E-state index is 0.148. The van der Waals surface area contributed by atoms with Crippen LogP contribution in [0.1, 0.15) is 34.8 Å². The number of ether oxygens (including phenoxy) is 1. The number of hydrogen-bond acceptors (Lipinski definition) is 7. The molecule has 0 atom stereocenters. The summed E-state index contributed by atoms with van der Waals surface area (Å²) >= 11 is 0. The van der Waals surface area contributed by atoms with E-state index in [0.29, 0.717) is 5.69 Å². The molecular formula is C17H16N2O7. The highest BCUT2D eigenvalue weighted by Crippen LogP contribution is 2.17. The number of nitrogens with one attached hydrogen (secondary N) is 1. The number of hydrogen-bond donors (Lipinski definition) is 1. The number of Topliss-reactive ketones (excluding diaryl/α,β-unsaturated/α-hetero) is 1. The number of nitro groups is 1. The third kappa shape index (κ3) is 4.76. The van der Waals surface area contributed by atoms with Crippen molar-refractivity contribution in [3.63, 3.8) is 0 Å². The number of esters is 1. The minimum Gasteiger partial charge on any atom is -0.451 e. The first-order valence-corrected chi connectivity index (χ1v) is 7.63. The molecule has 136 valence electrons. The number of ketones is 1. The molecule has 1 N–H and O–H groups in total. The van der Waals surface area contributed by atoms with Gasteiger partial charge in [0.05, 0.1) is 6.07 Å². The van der Waals surface area contributed by atoms with Gasteiger partial charge in [0, 0.05) is 17.2 Å². The summed E-state index contributed by atoms with van der Waals surface area (Å²) in [6.07, 6.45) is 0. The van der Waals surface area contributed by atoms with Gasteiger partial charge in [-0.25, -0.2) is 4.79 Å². The monoisotopic (exact) mass is 360 g/mol. The normalized spacial score (nSPS) is 10.4. The van der Waals surface area contributed by atoms with Crippen LogP contribution in [0.25, 0.3) is 0 Å². The van der Waals surface area contributed by atoms with Gasteiger partial charge in [-0.15, -0.1) is 0 Å². The lowest BCUT2D eigenvalue weighted by atomic mass is 10.1. The number of anilines is 1. The van der Waals surface area contributed by atoms with Crippen molar-refractivity contribution in [1.82, 2.24) is 0 Å². The van der Waals surface area contributed by atoms with Gasteiger partial charge in [-0.05, 0) is 30.3 Å². The van der Waals surface area contributed by atoms with Crippen LogP contribution in [0.3, 0.4) is 0 Å². The smallest absolute Gasteiger partial charge is 0.433 e. The Bertz CT molecular complexity index is 837. The van der Waals surface area contributed by atoms with E-state index in [-0.39, 0.29) is 23.1 Å². The van der Waals surface area contributed by atoms with Gasteiger partial charge in [0.1, 0.15) is 4.92 Å². The predicted octanol–water partition coefficient (Wildman–Crippen LogP) is 2.82. The van der Waals surface area contributed by atoms with E-state index < -0.39 is 29.2 Å². The van der Waals surface area contributed by atoms with E-state index in [0.717, 1.165) is 12.1 Å². The molecule has 0 aliphatic heterocycles. The number of benzene rings is 1. The van der Waals surface area contributed by atoms with Gasteiger partial charge in [0.25, 0.3) is 0 Å². The molecule has 1 amide bonds. The highest BCUT2D eigenvalue weighted by molar-refractivity contribution is 5.99. The summed E-state index contributed by atoms with van der Waals surface area (Å²) in [5.74, 6) is -2.73. The molecule has 1 aromatic heterocycles. The highest BCUT2D eigenvalue weighted by Gasteiger charge is 2.19. The van der Waals surface area contributed by atoms with Crippen LogP contribution in [0.4, 0.5) is 11.6 Å². The van der Waals surface area contributed by atoms with Crippen molar-refractivity contribution in [3.05, 3.63) is 57.8 Å². The Morgan fingerprint density at radius 3 is 2.35 bits per heavy atom. The molecule has 1 heterocycles. The fraction of sp³-hybridized carbons (Fsp3) is 0.235. The maximum atomic E-state index is 12.0. The Morgan fingerprint density at radius 2 is 1.81 bits per heavy atom. The second-order valence-corrected chi connectivity index (χ2v) is 5.62. The highest BCUT2D eigenvalue weighted by atomic mass is 16.7. The summed E-state index contributed by atoms with van der Waals surface area (Å²) in [5, 5.41) is 13.2. The Kier molecular flexibility index (Phi) is 5.84. The molecule has 0 bridgehead atoms. The lowest BCUT2D eigenvalue weighted by molar-refractivity contribution is -0.402. The first-order chi connectivity index (χ1) is 12.3. The van der Waals surface area contributed by atoms with Gasteiger partial charge >= 0.3 is 11.9 Å². The molecule has 26 heavy (non-hydrogen) atoms. The molecule has 0 aliphatic rings. The first kappa shape index (κ1) is 18.8. The quantitative estimate of drug-likeness (QED) is 0.348. The molecule has 2 rings (SSSR count). The van der Waals surface area contributed by atoms with E-state index in [9.17, 15) is 24.5 Å². The van der Waals surface area contributed by atoms with E-state index in [2.05, 4.69) is 5.32 Å². The van der Waals surface area contributed by atoms with Crippen LogP contribution in [0.2, 0.25) is 0 Å². The van der Waals surface area contributed by atoms with E-state index in [1.54, 1.807) is 26.0 Å². The molecule has 0 spiro atoms. The molecule has 0 unspecified atom stereocenters. The molecule has 9 heteroatoms. The second-order valence-electron chi connectivity index (χ2n) is 5.62. The lowest BCUT2D eigenvalue weighted by Crippen LogP contribution is -2.18. The zero-order chi connectivity index (χ0) is 19.3. The SMILES string of the molecule is CC(C)C(=O)Nc1ccc(C(=O)COC(=O)c2ccc([N+](=O)[O-])o2)cc1. The van der Waals surface area contributed by atoms with Crippen LogP contribution in [-0.2, 0) is 9.53 Å². The van der Waals surface area contributed by atoms with Crippen molar-refractivity contribution in [2.45, 2.75) is 13.8 Å². The number of furan rings is 1. The van der Waals surface area contributed by atoms with Crippen molar-refractivity contribution in [2.75, 3.05) is 11.9 Å². The van der Waals surface area contributed by atoms with Gasteiger partial charge in [0.2, 0.25) is 11.7 Å². The maximum Gasteiger partial charge on any atom is 0.433 e. The van der Waals surface area contributed by atoms with Gasteiger partial charge in [0.15, 0.2) is 12.4 Å². The Hall–Kier alpha value is -3.49. The minimum atomic E-state index is -0.979. The summed E-state index contributed by atoms with van der Waals surface area (Å²) < 4.78 is 9.48. The fourth-order valence-corrected chi connectivity index (χ4v) is 1.85. The lowest BCUT2D eigenvalue weighted by Gasteiger charge is -2.08. The van der Waals surface area contributed by atoms with Gasteiger partial charge < -0.3 is 14.5 Å². The Labute approximate surface area is 148 Å². The van der Waals surface area contributed by atoms with Gasteiger partial charge in [-0.2, -0.15) is 0 Å². The number of nitrogens with zero attached hydrogens (tertiary/aromatic N) is 1. The standard InChI is InChI=1S/C17H16N2O7/c1-10(2)16(21)18-12-5-3-11(4-6-12)13(20)9-25-17(22)14-7-8-15(26-14)19(23)24/h3-8,10H,9H2,1-2H3,(H,18,21). The third-order valence-electron chi connectivity index (χ3n) is 3.31. The average Bonchev–Trinajstić information content (AvgIpc) is 3.10. The summed E-state index contributed by atoms with van der Waals surface area (Å²) in [7, 11) is 0.